The second-order valence-electron chi connectivity index (χ2n) is 14.4. The fraction of sp³-hybridized carbons (Fsp3) is 0. The predicted molar refractivity (Wildman–Crippen MR) is 236 cm³/mol. The van der Waals surface area contributed by atoms with Gasteiger partial charge < -0.3 is 8.98 Å². The summed E-state index contributed by atoms with van der Waals surface area (Å²) in [5, 5.41) is 7.14. The Kier molecular flexibility index (Phi) is 7.03. The highest BCUT2D eigenvalue weighted by atomic mass is 32.1. The molecule has 0 saturated carbocycles. The Labute approximate surface area is 330 Å². The van der Waals surface area contributed by atoms with Gasteiger partial charge >= 0.3 is 0 Å². The van der Waals surface area contributed by atoms with Crippen molar-refractivity contribution in [2.75, 3.05) is 0 Å². The van der Waals surface area contributed by atoms with Crippen molar-refractivity contribution in [3.05, 3.63) is 182 Å². The van der Waals surface area contributed by atoms with E-state index in [0.29, 0.717) is 17.5 Å². The second kappa shape index (κ2) is 12.6. The van der Waals surface area contributed by atoms with E-state index in [2.05, 4.69) is 150 Å². The number of fused-ring (bicyclic) bond motifs is 9. The number of thiophene rings is 1. The molecule has 57 heavy (non-hydrogen) atoms. The molecule has 0 N–H and O–H groups in total. The summed E-state index contributed by atoms with van der Waals surface area (Å²) in [6.07, 6.45) is 0. The van der Waals surface area contributed by atoms with Crippen LogP contribution in [0.3, 0.4) is 0 Å². The lowest BCUT2D eigenvalue weighted by Crippen LogP contribution is -2.03. The normalized spacial score (nSPS) is 11.9. The minimum atomic E-state index is 0.579. The number of hydrogen-bond acceptors (Lipinski definition) is 5. The van der Waals surface area contributed by atoms with E-state index < -0.39 is 0 Å². The molecule has 4 aromatic heterocycles. The summed E-state index contributed by atoms with van der Waals surface area (Å²) in [5.41, 5.74) is 9.92. The number of benzene rings is 8. The zero-order chi connectivity index (χ0) is 37.5. The third-order valence-electron chi connectivity index (χ3n) is 11.1. The average molecular weight is 747 g/mol. The van der Waals surface area contributed by atoms with Crippen LogP contribution in [0.25, 0.3) is 115 Å². The first-order valence-electron chi connectivity index (χ1n) is 19.0. The molecular weight excluding hydrogens is 717 g/mol. The van der Waals surface area contributed by atoms with Crippen LogP contribution >= 0.6 is 11.3 Å². The minimum Gasteiger partial charge on any atom is -0.456 e. The Bertz CT molecular complexity index is 3490. The average Bonchev–Trinajstić information content (AvgIpc) is 3.95. The Hall–Kier alpha value is -7.41. The van der Waals surface area contributed by atoms with E-state index in [0.717, 1.165) is 60.9 Å². The summed E-state index contributed by atoms with van der Waals surface area (Å²) in [6, 6.07) is 63.8. The molecular formula is C51H30N4OS. The summed E-state index contributed by atoms with van der Waals surface area (Å²) in [7, 11) is 0. The lowest BCUT2D eigenvalue weighted by molar-refractivity contribution is 0.669. The molecule has 0 atom stereocenters. The fourth-order valence-electron chi connectivity index (χ4n) is 8.38. The maximum atomic E-state index is 6.52. The molecule has 0 saturated heterocycles. The van der Waals surface area contributed by atoms with E-state index in [1.165, 1.54) is 36.5 Å². The first-order valence-corrected chi connectivity index (χ1v) is 19.8. The molecule has 0 radical (unpaired) electrons. The maximum Gasteiger partial charge on any atom is 0.166 e. The molecule has 266 valence electrons. The lowest BCUT2D eigenvalue weighted by atomic mass is 10.0. The van der Waals surface area contributed by atoms with E-state index >= 15 is 0 Å². The number of rotatable bonds is 5. The molecule has 8 aromatic carbocycles. The van der Waals surface area contributed by atoms with Crippen molar-refractivity contribution in [2.24, 2.45) is 0 Å². The van der Waals surface area contributed by atoms with Gasteiger partial charge in [-0.3, -0.25) is 0 Å². The summed E-state index contributed by atoms with van der Waals surface area (Å²) in [5.74, 6) is 1.79. The number of furan rings is 1. The van der Waals surface area contributed by atoms with Gasteiger partial charge in [0.1, 0.15) is 11.2 Å². The van der Waals surface area contributed by atoms with Gasteiger partial charge in [-0.1, -0.05) is 121 Å². The molecule has 12 rings (SSSR count). The Morgan fingerprint density at radius 3 is 1.79 bits per heavy atom. The second-order valence-corrected chi connectivity index (χ2v) is 15.5. The number of hydrogen-bond donors (Lipinski definition) is 0. The van der Waals surface area contributed by atoms with Gasteiger partial charge in [0.05, 0.1) is 16.7 Å². The van der Waals surface area contributed by atoms with Crippen LogP contribution in [0.5, 0.6) is 0 Å². The summed E-state index contributed by atoms with van der Waals surface area (Å²) in [6.45, 7) is 0. The van der Waals surface area contributed by atoms with Crippen molar-refractivity contribution in [3.8, 4) is 51.0 Å². The van der Waals surface area contributed by atoms with E-state index in [4.69, 9.17) is 19.4 Å². The smallest absolute Gasteiger partial charge is 0.166 e. The zero-order valence-electron chi connectivity index (χ0n) is 30.4. The highest BCUT2D eigenvalue weighted by Crippen LogP contribution is 2.40. The van der Waals surface area contributed by atoms with Crippen molar-refractivity contribution >= 4 is 75.3 Å². The molecule has 0 unspecified atom stereocenters. The first kappa shape index (κ1) is 31.9. The molecule has 5 nitrogen and oxygen atoms in total. The first-order chi connectivity index (χ1) is 28.2. The Balaban J connectivity index is 0.997. The Morgan fingerprint density at radius 1 is 0.368 bits per heavy atom. The Morgan fingerprint density at radius 2 is 0.965 bits per heavy atom. The van der Waals surface area contributed by atoms with Crippen LogP contribution in [0.4, 0.5) is 0 Å². The minimum absolute atomic E-state index is 0.579. The zero-order valence-corrected chi connectivity index (χ0v) is 31.2. The monoisotopic (exact) mass is 746 g/mol. The van der Waals surface area contributed by atoms with Gasteiger partial charge in [-0.25, -0.2) is 15.0 Å². The van der Waals surface area contributed by atoms with Crippen LogP contribution in [0.1, 0.15) is 0 Å². The quantitative estimate of drug-likeness (QED) is 0.176. The predicted octanol–water partition coefficient (Wildman–Crippen LogP) is 13.9. The SMILES string of the molecule is c1ccc(-c2nc(-c3ccc4c(c3)oc3ccc(-c5ccc6c(c5)sc5ccccc56)cc34)nc(-c3ccccc3-n3c4ccccc4c4ccccc43)n2)cc1. The molecule has 4 heterocycles. The van der Waals surface area contributed by atoms with Crippen molar-refractivity contribution in [3.63, 3.8) is 0 Å². The summed E-state index contributed by atoms with van der Waals surface area (Å²) < 4.78 is 11.4. The van der Waals surface area contributed by atoms with Crippen LogP contribution < -0.4 is 0 Å². The number of para-hydroxylation sites is 3. The molecule has 0 aliphatic rings. The van der Waals surface area contributed by atoms with Crippen molar-refractivity contribution in [1.29, 1.82) is 0 Å². The van der Waals surface area contributed by atoms with E-state index in [-0.39, 0.29) is 0 Å². The topological polar surface area (TPSA) is 56.7 Å². The van der Waals surface area contributed by atoms with Crippen molar-refractivity contribution in [1.82, 2.24) is 19.5 Å². The van der Waals surface area contributed by atoms with Crippen LogP contribution in [0, 0.1) is 0 Å². The summed E-state index contributed by atoms with van der Waals surface area (Å²) >= 11 is 1.84. The third-order valence-corrected chi connectivity index (χ3v) is 12.2. The van der Waals surface area contributed by atoms with E-state index in [1.807, 2.05) is 47.7 Å². The van der Waals surface area contributed by atoms with Gasteiger partial charge in [0, 0.05) is 58.4 Å². The van der Waals surface area contributed by atoms with Gasteiger partial charge in [-0.15, -0.1) is 11.3 Å². The highest BCUT2D eigenvalue weighted by molar-refractivity contribution is 7.25. The largest absolute Gasteiger partial charge is 0.456 e. The van der Waals surface area contributed by atoms with Gasteiger partial charge in [0.15, 0.2) is 17.5 Å². The molecule has 0 spiro atoms. The number of nitrogens with zero attached hydrogens (tertiary/aromatic N) is 4. The molecule has 0 bridgehead atoms. The third kappa shape index (κ3) is 5.12. The molecule has 0 aliphatic heterocycles. The maximum absolute atomic E-state index is 6.52. The van der Waals surface area contributed by atoms with Gasteiger partial charge in [-0.2, -0.15) is 0 Å². The fourth-order valence-corrected chi connectivity index (χ4v) is 9.53. The van der Waals surface area contributed by atoms with Crippen molar-refractivity contribution in [2.45, 2.75) is 0 Å². The van der Waals surface area contributed by atoms with E-state index in [9.17, 15) is 0 Å². The molecule has 0 amide bonds. The van der Waals surface area contributed by atoms with Crippen LogP contribution in [-0.4, -0.2) is 19.5 Å². The van der Waals surface area contributed by atoms with Crippen LogP contribution in [0.2, 0.25) is 0 Å². The van der Waals surface area contributed by atoms with Gasteiger partial charge in [0.25, 0.3) is 0 Å². The van der Waals surface area contributed by atoms with Crippen LogP contribution in [0.15, 0.2) is 186 Å². The van der Waals surface area contributed by atoms with Crippen molar-refractivity contribution < 1.29 is 4.42 Å². The lowest BCUT2D eigenvalue weighted by Gasteiger charge is -2.14. The molecule has 0 fully saturated rings. The van der Waals surface area contributed by atoms with E-state index in [1.54, 1.807) is 0 Å². The number of aromatic nitrogens is 4. The molecule has 6 heteroatoms. The molecule has 12 aromatic rings. The molecule has 0 aliphatic carbocycles. The highest BCUT2D eigenvalue weighted by Gasteiger charge is 2.20. The van der Waals surface area contributed by atoms with Gasteiger partial charge in [0.2, 0.25) is 0 Å². The van der Waals surface area contributed by atoms with Crippen LogP contribution in [-0.2, 0) is 0 Å². The summed E-state index contributed by atoms with van der Waals surface area (Å²) in [4.78, 5) is 15.4. The van der Waals surface area contributed by atoms with Gasteiger partial charge in [-0.05, 0) is 71.8 Å². The standard InChI is InChI=1S/C51H30N4OS/c1-2-12-31(13-3-1)49-52-50(54-51(53-49)40-17-6-10-20-44(40)55-42-18-8-4-14-35(42)36-15-5-9-19-43(36)55)34-23-25-37-41-28-32(24-27-45(41)56-46(37)29-34)33-22-26-39-38-16-7-11-21-47(38)57-48(39)30-33/h1-30H.